The van der Waals surface area contributed by atoms with Crippen LogP contribution >= 0.6 is 11.6 Å². The van der Waals surface area contributed by atoms with Crippen molar-refractivity contribution in [3.05, 3.63) is 63.2 Å². The molecule has 2 heterocycles. The highest BCUT2D eigenvalue weighted by Gasteiger charge is 2.60. The van der Waals surface area contributed by atoms with Gasteiger partial charge in [0.05, 0.1) is 26.6 Å². The molecule has 37 heavy (non-hydrogen) atoms. The van der Waals surface area contributed by atoms with Crippen molar-refractivity contribution in [2.24, 2.45) is 11.3 Å². The molecule has 3 aromatic rings. The van der Waals surface area contributed by atoms with E-state index in [1.807, 2.05) is 20.8 Å². The van der Waals surface area contributed by atoms with Gasteiger partial charge in [-0.1, -0.05) is 29.5 Å². The summed E-state index contributed by atoms with van der Waals surface area (Å²) >= 11 is 5.86. The Balaban J connectivity index is 1.45. The predicted octanol–water partition coefficient (Wildman–Crippen LogP) is 5.68. The first-order valence-corrected chi connectivity index (χ1v) is 12.0. The van der Waals surface area contributed by atoms with E-state index in [0.29, 0.717) is 24.0 Å². The summed E-state index contributed by atoms with van der Waals surface area (Å²) in [5, 5.41) is 15.0. The number of aromatic nitrogens is 2. The zero-order valence-corrected chi connectivity index (χ0v) is 21.1. The molecule has 0 spiro atoms. The maximum atomic E-state index is 14.4. The predicted molar refractivity (Wildman–Crippen MR) is 136 cm³/mol. The van der Waals surface area contributed by atoms with E-state index in [2.05, 4.69) is 27.1 Å². The molecule has 2 atom stereocenters. The molecule has 11 heteroatoms. The van der Waals surface area contributed by atoms with Crippen LogP contribution in [-0.4, -0.2) is 44.6 Å². The van der Waals surface area contributed by atoms with E-state index in [1.165, 1.54) is 30.6 Å². The van der Waals surface area contributed by atoms with Crippen LogP contribution < -0.4 is 5.32 Å². The van der Waals surface area contributed by atoms with Crippen LogP contribution in [0.25, 0.3) is 10.9 Å². The largest absolute Gasteiger partial charge is 0.444 e. The number of nitro benzene ring substituents is 1. The van der Waals surface area contributed by atoms with Crippen LogP contribution in [0.4, 0.5) is 26.4 Å². The number of amides is 1. The monoisotopic (exact) mass is 523 g/mol. The highest BCUT2D eigenvalue weighted by molar-refractivity contribution is 6.31. The average Bonchev–Trinajstić information content (AvgIpc) is 3.38. The summed E-state index contributed by atoms with van der Waals surface area (Å²) in [5.74, 6) is 5.91. The zero-order chi connectivity index (χ0) is 26.5. The lowest BCUT2D eigenvalue weighted by atomic mass is 10.0. The number of likely N-dealkylation sites (tertiary alicyclic amines) is 1. The molecule has 2 aliphatic rings. The third-order valence-corrected chi connectivity index (χ3v) is 6.69. The maximum absolute atomic E-state index is 14.4. The van der Waals surface area contributed by atoms with Crippen molar-refractivity contribution in [3.63, 3.8) is 0 Å². The molecule has 2 unspecified atom stereocenters. The van der Waals surface area contributed by atoms with Crippen molar-refractivity contribution in [1.82, 2.24) is 14.9 Å². The minimum Gasteiger partial charge on any atom is -0.444 e. The van der Waals surface area contributed by atoms with Gasteiger partial charge < -0.3 is 15.0 Å². The molecule has 190 valence electrons. The quantitative estimate of drug-likeness (QED) is 0.267. The van der Waals surface area contributed by atoms with Crippen molar-refractivity contribution in [3.8, 4) is 11.8 Å². The van der Waals surface area contributed by atoms with Crippen molar-refractivity contribution < 1.29 is 18.8 Å². The number of carbonyl (C=O) groups excluding carboxylic acids is 1. The van der Waals surface area contributed by atoms with Crippen LogP contribution in [0.5, 0.6) is 0 Å². The number of nitrogens with zero attached hydrogens (tertiary/aromatic N) is 4. The molecule has 1 saturated heterocycles. The Bertz CT molecular complexity index is 1510. The van der Waals surface area contributed by atoms with Crippen LogP contribution in [0, 0.1) is 39.1 Å². The molecule has 1 aliphatic carbocycles. The van der Waals surface area contributed by atoms with Gasteiger partial charge in [0.15, 0.2) is 5.82 Å². The first-order chi connectivity index (χ1) is 17.5. The van der Waals surface area contributed by atoms with Gasteiger partial charge in [0.1, 0.15) is 23.3 Å². The third-order valence-electron chi connectivity index (χ3n) is 6.40. The number of piperidine rings is 1. The summed E-state index contributed by atoms with van der Waals surface area (Å²) in [6, 6.07) is 7.32. The molecule has 1 N–H and O–H groups in total. The number of benzene rings is 2. The van der Waals surface area contributed by atoms with E-state index in [-0.39, 0.29) is 39.8 Å². The number of nitrogens with one attached hydrogen (secondary N) is 1. The van der Waals surface area contributed by atoms with E-state index in [9.17, 15) is 19.3 Å². The molecule has 0 bridgehead atoms. The molecular formula is C26H23ClFN5O4. The number of rotatable bonds is 3. The fourth-order valence-corrected chi connectivity index (χ4v) is 4.68. The van der Waals surface area contributed by atoms with Gasteiger partial charge in [-0.15, -0.1) is 0 Å². The number of ether oxygens (including phenoxy) is 1. The molecular weight excluding hydrogens is 501 g/mol. The van der Waals surface area contributed by atoms with Gasteiger partial charge in [-0.2, -0.15) is 0 Å². The second-order valence-corrected chi connectivity index (χ2v) is 10.7. The minimum absolute atomic E-state index is 0.0678. The Kier molecular flexibility index (Phi) is 5.91. The zero-order valence-electron chi connectivity index (χ0n) is 20.3. The van der Waals surface area contributed by atoms with E-state index < -0.39 is 21.8 Å². The smallest absolute Gasteiger partial charge is 0.410 e. The SMILES string of the molecule is CC(C)(C)OC(=O)N1CC2CC2(C#Cc2cc3ncnc(Nc4cccc(Cl)c4F)c3cc2[N+](=O)[O-])C1. The number of hydrogen-bond donors (Lipinski definition) is 1. The Morgan fingerprint density at radius 3 is 2.86 bits per heavy atom. The summed E-state index contributed by atoms with van der Waals surface area (Å²) in [7, 11) is 0. The number of carbonyl (C=O) groups is 1. The van der Waals surface area contributed by atoms with Gasteiger partial charge in [-0.3, -0.25) is 10.1 Å². The van der Waals surface area contributed by atoms with E-state index in [0.717, 1.165) is 6.42 Å². The summed E-state index contributed by atoms with van der Waals surface area (Å²) < 4.78 is 19.9. The first-order valence-electron chi connectivity index (χ1n) is 11.6. The van der Waals surface area contributed by atoms with Gasteiger partial charge in [-0.25, -0.2) is 19.2 Å². The van der Waals surface area contributed by atoms with E-state index >= 15 is 0 Å². The van der Waals surface area contributed by atoms with Crippen LogP contribution in [0.15, 0.2) is 36.7 Å². The second-order valence-electron chi connectivity index (χ2n) is 10.3. The molecule has 2 fully saturated rings. The standard InChI is InChI=1S/C26H23ClFN5O4/c1-25(2,3)37-24(34)32-12-16-11-26(16,13-32)8-7-15-9-20-17(10-21(15)33(35)36)23(30-14-29-20)31-19-6-4-5-18(27)22(19)28/h4-6,9-10,14,16H,11-13H2,1-3H3,(H,29,30,31). The van der Waals surface area contributed by atoms with Crippen LogP contribution in [0.3, 0.4) is 0 Å². The van der Waals surface area contributed by atoms with Crippen LogP contribution in [0.1, 0.15) is 32.8 Å². The van der Waals surface area contributed by atoms with Crippen LogP contribution in [-0.2, 0) is 4.74 Å². The third kappa shape index (κ3) is 4.87. The van der Waals surface area contributed by atoms with Crippen molar-refractivity contribution >= 4 is 45.8 Å². The van der Waals surface area contributed by atoms with Crippen molar-refractivity contribution in [2.45, 2.75) is 32.8 Å². The van der Waals surface area contributed by atoms with Gasteiger partial charge in [0, 0.05) is 24.5 Å². The molecule has 5 rings (SSSR count). The molecule has 1 saturated carbocycles. The Morgan fingerprint density at radius 2 is 2.14 bits per heavy atom. The highest BCUT2D eigenvalue weighted by atomic mass is 35.5. The fraction of sp³-hybridized carbons (Fsp3) is 0.346. The van der Waals surface area contributed by atoms with E-state index in [1.54, 1.807) is 11.0 Å². The highest BCUT2D eigenvalue weighted by Crippen LogP contribution is 2.57. The average molecular weight is 524 g/mol. The first kappa shape index (κ1) is 24.7. The lowest BCUT2D eigenvalue weighted by Gasteiger charge is -2.25. The summed E-state index contributed by atoms with van der Waals surface area (Å²) in [6.45, 7) is 6.40. The van der Waals surface area contributed by atoms with Crippen molar-refractivity contribution in [2.75, 3.05) is 18.4 Å². The van der Waals surface area contributed by atoms with Gasteiger partial charge in [-0.05, 0) is 51.3 Å². The normalized spacial score (nSPS) is 20.1. The molecule has 1 aliphatic heterocycles. The van der Waals surface area contributed by atoms with E-state index in [4.69, 9.17) is 16.3 Å². The van der Waals surface area contributed by atoms with Gasteiger partial charge in [0.25, 0.3) is 5.69 Å². The minimum atomic E-state index is -0.664. The molecule has 2 aromatic carbocycles. The van der Waals surface area contributed by atoms with Gasteiger partial charge >= 0.3 is 6.09 Å². The molecule has 1 aromatic heterocycles. The van der Waals surface area contributed by atoms with Crippen LogP contribution in [0.2, 0.25) is 5.02 Å². The lowest BCUT2D eigenvalue weighted by molar-refractivity contribution is -0.385. The summed E-state index contributed by atoms with van der Waals surface area (Å²) in [6.07, 6.45) is 1.72. The molecule has 1 amide bonds. The number of hydrogen-bond acceptors (Lipinski definition) is 7. The Morgan fingerprint density at radius 1 is 1.35 bits per heavy atom. The summed E-state index contributed by atoms with van der Waals surface area (Å²) in [4.78, 5) is 33.9. The second kappa shape index (κ2) is 8.85. The topological polar surface area (TPSA) is 110 Å². The number of halogens is 2. The van der Waals surface area contributed by atoms with Gasteiger partial charge in [0.2, 0.25) is 0 Å². The Labute approximate surface area is 217 Å². The number of anilines is 2. The molecule has 0 radical (unpaired) electrons. The Hall–Kier alpha value is -3.97. The fourth-order valence-electron chi connectivity index (χ4n) is 4.51. The number of fused-ring (bicyclic) bond motifs is 2. The maximum Gasteiger partial charge on any atom is 0.410 e. The molecule has 9 nitrogen and oxygen atoms in total. The summed E-state index contributed by atoms with van der Waals surface area (Å²) in [5.41, 5.74) is -0.535. The van der Waals surface area contributed by atoms with Crippen molar-refractivity contribution in [1.29, 1.82) is 0 Å². The lowest BCUT2D eigenvalue weighted by Crippen LogP contribution is -2.37. The number of nitro groups is 1.